The van der Waals surface area contributed by atoms with Gasteiger partial charge in [0.15, 0.2) is 0 Å². The van der Waals surface area contributed by atoms with Gasteiger partial charge in [0.25, 0.3) is 5.91 Å². The first-order chi connectivity index (χ1) is 12.9. The second-order valence-corrected chi connectivity index (χ2v) is 8.59. The van der Waals surface area contributed by atoms with Crippen LogP contribution in [0.5, 0.6) is 0 Å². The Kier molecular flexibility index (Phi) is 5.59. The molecule has 0 spiro atoms. The molecule has 0 bridgehead atoms. The maximum Gasteiger partial charge on any atom is 0.255 e. The Morgan fingerprint density at radius 2 is 1.74 bits per heavy atom. The highest BCUT2D eigenvalue weighted by Gasteiger charge is 2.30. The van der Waals surface area contributed by atoms with Crippen molar-refractivity contribution < 1.29 is 13.2 Å². The molecule has 2 aromatic rings. The fourth-order valence-corrected chi connectivity index (χ4v) is 4.71. The fourth-order valence-electron chi connectivity index (χ4n) is 3.29. The van der Waals surface area contributed by atoms with E-state index < -0.39 is 15.9 Å². The van der Waals surface area contributed by atoms with E-state index in [1.807, 2.05) is 6.07 Å². The Balaban J connectivity index is 1.76. The molecule has 1 fully saturated rings. The normalized spacial score (nSPS) is 14.9. The number of amides is 1. The SMILES string of the molecule is CN(C1CCCC1)S(=O)(=O)c1ccc(C(=O)Nc2ccccc2C#N)cc1. The summed E-state index contributed by atoms with van der Waals surface area (Å²) in [6.45, 7) is 0. The number of hydrogen-bond donors (Lipinski definition) is 1. The van der Waals surface area contributed by atoms with E-state index >= 15 is 0 Å². The number of anilines is 1. The summed E-state index contributed by atoms with van der Waals surface area (Å²) in [7, 11) is -1.96. The van der Waals surface area contributed by atoms with Crippen molar-refractivity contribution in [1.82, 2.24) is 4.31 Å². The molecule has 1 amide bonds. The van der Waals surface area contributed by atoms with Gasteiger partial charge in [0, 0.05) is 18.7 Å². The lowest BCUT2D eigenvalue weighted by Crippen LogP contribution is -2.35. The van der Waals surface area contributed by atoms with E-state index in [9.17, 15) is 13.2 Å². The summed E-state index contributed by atoms with van der Waals surface area (Å²) in [5.41, 5.74) is 1.11. The van der Waals surface area contributed by atoms with Gasteiger partial charge in [-0.3, -0.25) is 4.79 Å². The van der Waals surface area contributed by atoms with Gasteiger partial charge in [-0.1, -0.05) is 25.0 Å². The zero-order chi connectivity index (χ0) is 19.4. The number of nitrogens with zero attached hydrogens (tertiary/aromatic N) is 2. The first-order valence-corrected chi connectivity index (χ1v) is 10.3. The highest BCUT2D eigenvalue weighted by molar-refractivity contribution is 7.89. The molecule has 7 heteroatoms. The average Bonchev–Trinajstić information content (AvgIpc) is 3.22. The zero-order valence-electron chi connectivity index (χ0n) is 15.1. The van der Waals surface area contributed by atoms with Crippen LogP contribution in [0.4, 0.5) is 5.69 Å². The second-order valence-electron chi connectivity index (χ2n) is 6.60. The van der Waals surface area contributed by atoms with Crippen molar-refractivity contribution in [2.75, 3.05) is 12.4 Å². The van der Waals surface area contributed by atoms with Gasteiger partial charge in [0.05, 0.1) is 16.1 Å². The molecule has 1 saturated carbocycles. The van der Waals surface area contributed by atoms with E-state index in [-0.39, 0.29) is 10.9 Å². The third kappa shape index (κ3) is 4.02. The number of nitriles is 1. The summed E-state index contributed by atoms with van der Waals surface area (Å²) in [5.74, 6) is -0.397. The number of hydrogen-bond acceptors (Lipinski definition) is 4. The minimum absolute atomic E-state index is 0.0421. The summed E-state index contributed by atoms with van der Waals surface area (Å²) in [6, 6.07) is 14.6. The van der Waals surface area contributed by atoms with Gasteiger partial charge < -0.3 is 5.32 Å². The van der Waals surface area contributed by atoms with Crippen LogP contribution in [-0.4, -0.2) is 31.7 Å². The predicted molar refractivity (Wildman–Crippen MR) is 103 cm³/mol. The lowest BCUT2D eigenvalue weighted by Gasteiger charge is -2.23. The molecule has 1 N–H and O–H groups in total. The molecule has 140 valence electrons. The second kappa shape index (κ2) is 7.91. The lowest BCUT2D eigenvalue weighted by atomic mass is 10.1. The molecule has 0 atom stereocenters. The van der Waals surface area contributed by atoms with Crippen LogP contribution >= 0.6 is 0 Å². The zero-order valence-corrected chi connectivity index (χ0v) is 15.9. The van der Waals surface area contributed by atoms with Gasteiger partial charge in [-0.2, -0.15) is 9.57 Å². The van der Waals surface area contributed by atoms with E-state index in [2.05, 4.69) is 5.32 Å². The highest BCUT2D eigenvalue weighted by atomic mass is 32.2. The topological polar surface area (TPSA) is 90.3 Å². The molecule has 0 radical (unpaired) electrons. The van der Waals surface area contributed by atoms with Gasteiger partial charge in [-0.05, 0) is 49.2 Å². The molecule has 0 aliphatic heterocycles. The number of nitrogens with one attached hydrogen (secondary N) is 1. The quantitative estimate of drug-likeness (QED) is 0.857. The van der Waals surface area contributed by atoms with Crippen molar-refractivity contribution in [2.24, 2.45) is 0 Å². The van der Waals surface area contributed by atoms with Crippen molar-refractivity contribution in [3.05, 3.63) is 59.7 Å². The maximum absolute atomic E-state index is 12.8. The molecular weight excluding hydrogens is 362 g/mol. The predicted octanol–water partition coefficient (Wildman–Crippen LogP) is 3.37. The highest BCUT2D eigenvalue weighted by Crippen LogP contribution is 2.27. The van der Waals surface area contributed by atoms with Gasteiger partial charge in [-0.25, -0.2) is 8.42 Å². The minimum Gasteiger partial charge on any atom is -0.321 e. The Bertz CT molecular complexity index is 972. The van der Waals surface area contributed by atoms with Crippen molar-refractivity contribution in [2.45, 2.75) is 36.6 Å². The van der Waals surface area contributed by atoms with E-state index in [0.717, 1.165) is 25.7 Å². The largest absolute Gasteiger partial charge is 0.321 e. The van der Waals surface area contributed by atoms with Crippen LogP contribution in [0.25, 0.3) is 0 Å². The fraction of sp³-hybridized carbons (Fsp3) is 0.300. The summed E-state index contributed by atoms with van der Waals surface area (Å²) in [5, 5.41) is 11.8. The Morgan fingerprint density at radius 3 is 2.37 bits per heavy atom. The van der Waals surface area contributed by atoms with E-state index in [1.54, 1.807) is 31.3 Å². The molecular formula is C20H21N3O3S. The lowest BCUT2D eigenvalue weighted by molar-refractivity contribution is 0.102. The Morgan fingerprint density at radius 1 is 1.11 bits per heavy atom. The Hall–Kier alpha value is -2.69. The van der Waals surface area contributed by atoms with Gasteiger partial charge in [0.2, 0.25) is 10.0 Å². The molecule has 0 heterocycles. The summed E-state index contributed by atoms with van der Waals surface area (Å²) >= 11 is 0. The smallest absolute Gasteiger partial charge is 0.255 e. The molecule has 1 aliphatic carbocycles. The molecule has 0 saturated heterocycles. The Labute approximate surface area is 159 Å². The number of benzene rings is 2. The number of rotatable bonds is 5. The van der Waals surface area contributed by atoms with Crippen molar-refractivity contribution in [1.29, 1.82) is 5.26 Å². The van der Waals surface area contributed by atoms with Gasteiger partial charge in [-0.15, -0.1) is 0 Å². The molecule has 3 rings (SSSR count). The van der Waals surface area contributed by atoms with Crippen LogP contribution in [-0.2, 0) is 10.0 Å². The van der Waals surface area contributed by atoms with Crippen LogP contribution in [0.3, 0.4) is 0 Å². The summed E-state index contributed by atoms with van der Waals surface area (Å²) in [4.78, 5) is 12.6. The standard InChI is InChI=1S/C20H21N3O3S/c1-23(17-7-3-4-8-17)27(25,26)18-12-10-15(11-13-18)20(24)22-19-9-5-2-6-16(19)14-21/h2,5-6,9-13,17H,3-4,7-8H2,1H3,(H,22,24). The minimum atomic E-state index is -3.58. The first kappa shape index (κ1) is 19.1. The number of carbonyl (C=O) groups excluding carboxylic acids is 1. The van der Waals surface area contributed by atoms with E-state index in [4.69, 9.17) is 5.26 Å². The van der Waals surface area contributed by atoms with Crippen LogP contribution in [0.1, 0.15) is 41.6 Å². The third-order valence-electron chi connectivity index (χ3n) is 4.93. The van der Waals surface area contributed by atoms with Gasteiger partial charge >= 0.3 is 0 Å². The maximum atomic E-state index is 12.8. The number of para-hydroxylation sites is 1. The van der Waals surface area contributed by atoms with Crippen molar-refractivity contribution in [3.8, 4) is 6.07 Å². The van der Waals surface area contributed by atoms with Crippen LogP contribution in [0.15, 0.2) is 53.4 Å². The molecule has 0 aromatic heterocycles. The molecule has 6 nitrogen and oxygen atoms in total. The van der Waals surface area contributed by atoms with Crippen LogP contribution < -0.4 is 5.32 Å². The summed E-state index contributed by atoms with van der Waals surface area (Å²) < 4.78 is 27.0. The average molecular weight is 383 g/mol. The van der Waals surface area contributed by atoms with Crippen molar-refractivity contribution in [3.63, 3.8) is 0 Å². The monoisotopic (exact) mass is 383 g/mol. The van der Waals surface area contributed by atoms with E-state index in [1.165, 1.54) is 28.6 Å². The first-order valence-electron chi connectivity index (χ1n) is 8.82. The molecule has 0 unspecified atom stereocenters. The van der Waals surface area contributed by atoms with Gasteiger partial charge in [0.1, 0.15) is 6.07 Å². The van der Waals surface area contributed by atoms with Crippen LogP contribution in [0.2, 0.25) is 0 Å². The van der Waals surface area contributed by atoms with Crippen molar-refractivity contribution >= 4 is 21.6 Å². The number of sulfonamides is 1. The molecule has 27 heavy (non-hydrogen) atoms. The summed E-state index contributed by atoms with van der Waals surface area (Å²) in [6.07, 6.45) is 3.87. The number of carbonyl (C=O) groups is 1. The molecule has 2 aromatic carbocycles. The molecule has 1 aliphatic rings. The van der Waals surface area contributed by atoms with Crippen LogP contribution in [0, 0.1) is 11.3 Å². The third-order valence-corrected chi connectivity index (χ3v) is 6.85. The van der Waals surface area contributed by atoms with E-state index in [0.29, 0.717) is 16.8 Å².